The summed E-state index contributed by atoms with van der Waals surface area (Å²) in [7, 11) is 0. The molecule has 1 aliphatic rings. The normalized spacial score (nSPS) is 17.6. The highest BCUT2D eigenvalue weighted by molar-refractivity contribution is 5.45. The van der Waals surface area contributed by atoms with Crippen molar-refractivity contribution in [3.63, 3.8) is 0 Å². The molecule has 20 heavy (non-hydrogen) atoms. The molecule has 0 radical (unpaired) electrons. The molecule has 1 aromatic rings. The maximum Gasteiger partial charge on any atom is 0.290 e. The smallest absolute Gasteiger partial charge is 0.290 e. The summed E-state index contributed by atoms with van der Waals surface area (Å²) in [6.45, 7) is 9.42. The van der Waals surface area contributed by atoms with Gasteiger partial charge in [-0.3, -0.25) is 9.48 Å². The van der Waals surface area contributed by atoms with Gasteiger partial charge >= 0.3 is 0 Å². The number of hydrogen-bond donors (Lipinski definition) is 1. The maximum absolute atomic E-state index is 12.6. The van der Waals surface area contributed by atoms with E-state index >= 15 is 0 Å². The van der Waals surface area contributed by atoms with Crippen LogP contribution in [0.2, 0.25) is 0 Å². The molecule has 2 rings (SSSR count). The van der Waals surface area contributed by atoms with Crippen LogP contribution in [0.15, 0.2) is 4.79 Å². The van der Waals surface area contributed by atoms with Crippen LogP contribution >= 0.6 is 0 Å². The summed E-state index contributed by atoms with van der Waals surface area (Å²) in [6, 6.07) is 0.334. The standard InChI is InChI=1S/C16H29N3O/c1-5-11-18-14(16(2,3)4)13(17)15(20)19(18)12-9-7-6-8-10-12/h12H,5-11,17H2,1-4H3. The predicted octanol–water partition coefficient (Wildman–Crippen LogP) is 3.44. The Labute approximate surface area is 121 Å². The predicted molar refractivity (Wildman–Crippen MR) is 84.2 cm³/mol. The first-order valence-electron chi connectivity index (χ1n) is 7.99. The molecular weight excluding hydrogens is 250 g/mol. The Morgan fingerprint density at radius 1 is 1.20 bits per heavy atom. The van der Waals surface area contributed by atoms with Crippen LogP contribution in [0.3, 0.4) is 0 Å². The van der Waals surface area contributed by atoms with Crippen LogP contribution in [-0.4, -0.2) is 9.36 Å². The van der Waals surface area contributed by atoms with E-state index in [2.05, 4.69) is 32.4 Å². The number of hydrogen-bond acceptors (Lipinski definition) is 2. The third kappa shape index (κ3) is 2.65. The highest BCUT2D eigenvalue weighted by atomic mass is 16.1. The van der Waals surface area contributed by atoms with Gasteiger partial charge in [0.05, 0.1) is 11.7 Å². The summed E-state index contributed by atoms with van der Waals surface area (Å²) >= 11 is 0. The fourth-order valence-corrected chi connectivity index (χ4v) is 3.49. The molecule has 0 unspecified atom stereocenters. The number of nitrogen functional groups attached to an aromatic ring is 1. The quantitative estimate of drug-likeness (QED) is 0.921. The molecule has 1 heterocycles. The van der Waals surface area contributed by atoms with Crippen LogP contribution in [0.5, 0.6) is 0 Å². The Balaban J connectivity index is 2.57. The van der Waals surface area contributed by atoms with Crippen molar-refractivity contribution in [2.24, 2.45) is 0 Å². The zero-order valence-electron chi connectivity index (χ0n) is 13.4. The molecule has 0 amide bonds. The number of nitrogens with two attached hydrogens (primary N) is 1. The van der Waals surface area contributed by atoms with E-state index in [1.807, 2.05) is 4.68 Å². The topological polar surface area (TPSA) is 52.9 Å². The Morgan fingerprint density at radius 3 is 2.30 bits per heavy atom. The fourth-order valence-electron chi connectivity index (χ4n) is 3.49. The van der Waals surface area contributed by atoms with Gasteiger partial charge in [-0.2, -0.15) is 0 Å². The maximum atomic E-state index is 12.6. The second-order valence-corrected chi connectivity index (χ2v) is 7.08. The van der Waals surface area contributed by atoms with Crippen molar-refractivity contribution >= 4 is 5.69 Å². The van der Waals surface area contributed by atoms with Gasteiger partial charge in [0.2, 0.25) is 0 Å². The van der Waals surface area contributed by atoms with E-state index in [1.54, 1.807) is 0 Å². The molecule has 0 atom stereocenters. The molecule has 0 spiro atoms. The van der Waals surface area contributed by atoms with Crippen LogP contribution in [-0.2, 0) is 12.0 Å². The van der Waals surface area contributed by atoms with Gasteiger partial charge in [-0.15, -0.1) is 0 Å². The lowest BCUT2D eigenvalue weighted by atomic mass is 9.91. The molecule has 1 saturated carbocycles. The molecule has 4 nitrogen and oxygen atoms in total. The van der Waals surface area contributed by atoms with Crippen molar-refractivity contribution in [3.05, 3.63) is 16.0 Å². The minimum atomic E-state index is -0.0989. The van der Waals surface area contributed by atoms with Gasteiger partial charge in [0.25, 0.3) is 5.56 Å². The zero-order chi connectivity index (χ0) is 14.9. The third-order valence-electron chi connectivity index (χ3n) is 4.28. The monoisotopic (exact) mass is 279 g/mol. The van der Waals surface area contributed by atoms with Crippen LogP contribution < -0.4 is 11.3 Å². The molecule has 0 saturated heterocycles. The Bertz CT molecular complexity index is 513. The number of rotatable bonds is 3. The molecule has 2 N–H and O–H groups in total. The number of aromatic nitrogens is 2. The average Bonchev–Trinajstić information content (AvgIpc) is 2.63. The van der Waals surface area contributed by atoms with E-state index in [0.717, 1.165) is 31.5 Å². The van der Waals surface area contributed by atoms with E-state index in [9.17, 15) is 4.79 Å². The molecular formula is C16H29N3O. The first kappa shape index (κ1) is 15.2. The summed E-state index contributed by atoms with van der Waals surface area (Å²) in [5.41, 5.74) is 7.56. The van der Waals surface area contributed by atoms with Gasteiger partial charge in [-0.1, -0.05) is 47.0 Å². The molecule has 0 bridgehead atoms. The van der Waals surface area contributed by atoms with Crippen LogP contribution in [0.1, 0.15) is 78.0 Å². The largest absolute Gasteiger partial charge is 0.393 e. The van der Waals surface area contributed by atoms with E-state index in [-0.39, 0.29) is 11.0 Å². The molecule has 1 fully saturated rings. The van der Waals surface area contributed by atoms with Crippen LogP contribution in [0, 0.1) is 0 Å². The third-order valence-corrected chi connectivity index (χ3v) is 4.28. The summed E-state index contributed by atoms with van der Waals surface area (Å²) < 4.78 is 4.15. The van der Waals surface area contributed by atoms with Gasteiger partial charge in [0.15, 0.2) is 0 Å². The lowest BCUT2D eigenvalue weighted by Gasteiger charge is -2.28. The summed E-state index contributed by atoms with van der Waals surface area (Å²) in [5.74, 6) is 0. The second-order valence-electron chi connectivity index (χ2n) is 7.08. The van der Waals surface area contributed by atoms with E-state index in [0.29, 0.717) is 11.7 Å². The van der Waals surface area contributed by atoms with Gasteiger partial charge in [-0.05, 0) is 19.3 Å². The summed E-state index contributed by atoms with van der Waals surface area (Å²) in [5, 5.41) is 0. The Kier molecular flexibility index (Phi) is 4.31. The molecule has 0 aliphatic heterocycles. The molecule has 4 heteroatoms. The highest BCUT2D eigenvalue weighted by Crippen LogP contribution is 2.32. The van der Waals surface area contributed by atoms with Gasteiger partial charge in [0, 0.05) is 12.0 Å². The van der Waals surface area contributed by atoms with Gasteiger partial charge in [0.1, 0.15) is 5.69 Å². The fraction of sp³-hybridized carbons (Fsp3) is 0.812. The average molecular weight is 279 g/mol. The first-order valence-corrected chi connectivity index (χ1v) is 7.99. The van der Waals surface area contributed by atoms with Crippen LogP contribution in [0.25, 0.3) is 0 Å². The van der Waals surface area contributed by atoms with Crippen molar-refractivity contribution in [2.75, 3.05) is 5.73 Å². The highest BCUT2D eigenvalue weighted by Gasteiger charge is 2.30. The second kappa shape index (κ2) is 5.66. The Morgan fingerprint density at radius 2 is 1.80 bits per heavy atom. The summed E-state index contributed by atoms with van der Waals surface area (Å²) in [4.78, 5) is 12.6. The lowest BCUT2D eigenvalue weighted by molar-refractivity contribution is 0.271. The molecule has 1 aliphatic carbocycles. The van der Waals surface area contributed by atoms with E-state index in [1.165, 1.54) is 19.3 Å². The van der Waals surface area contributed by atoms with Crippen LogP contribution in [0.4, 0.5) is 5.69 Å². The van der Waals surface area contributed by atoms with Crippen molar-refractivity contribution in [1.29, 1.82) is 0 Å². The van der Waals surface area contributed by atoms with Gasteiger partial charge < -0.3 is 5.73 Å². The van der Waals surface area contributed by atoms with Crippen molar-refractivity contribution in [2.45, 2.75) is 84.2 Å². The first-order chi connectivity index (χ1) is 9.38. The molecule has 114 valence electrons. The zero-order valence-corrected chi connectivity index (χ0v) is 13.4. The van der Waals surface area contributed by atoms with Gasteiger partial charge in [-0.25, -0.2) is 4.68 Å². The minimum Gasteiger partial charge on any atom is -0.393 e. The van der Waals surface area contributed by atoms with Crippen molar-refractivity contribution in [3.8, 4) is 0 Å². The number of nitrogens with zero attached hydrogens (tertiary/aromatic N) is 2. The summed E-state index contributed by atoms with van der Waals surface area (Å²) in [6.07, 6.45) is 6.97. The van der Waals surface area contributed by atoms with E-state index in [4.69, 9.17) is 5.73 Å². The van der Waals surface area contributed by atoms with Crippen molar-refractivity contribution < 1.29 is 0 Å². The minimum absolute atomic E-state index is 0.0234. The lowest BCUT2D eigenvalue weighted by Crippen LogP contribution is -2.31. The van der Waals surface area contributed by atoms with E-state index < -0.39 is 0 Å². The number of anilines is 1. The molecule has 0 aromatic carbocycles. The SMILES string of the molecule is CCCn1c(C(C)(C)C)c(N)c(=O)n1C1CCCCC1. The van der Waals surface area contributed by atoms with Crippen molar-refractivity contribution in [1.82, 2.24) is 9.36 Å². The molecule has 1 aromatic heterocycles. The Hall–Kier alpha value is -1.19.